The standard InChI is InChI=1S/C23H24N4O4S/c1-25(2)13-14-26(23-24-21-17(31-3)5-4-6-18(21)32-23)22(30)15-7-9-16(10-8-15)27-19(28)11-12-20(27)29/h4-10H,11-14H2,1-3H3. The van der Waals surface area contributed by atoms with Gasteiger partial charge in [-0.15, -0.1) is 0 Å². The van der Waals surface area contributed by atoms with Gasteiger partial charge >= 0.3 is 0 Å². The molecule has 1 saturated heterocycles. The predicted molar refractivity (Wildman–Crippen MR) is 125 cm³/mol. The van der Waals surface area contributed by atoms with Gasteiger partial charge in [0, 0.05) is 31.5 Å². The average molecular weight is 453 g/mol. The molecule has 1 aliphatic rings. The van der Waals surface area contributed by atoms with Gasteiger partial charge in [-0.1, -0.05) is 17.4 Å². The molecule has 0 bridgehead atoms. The van der Waals surface area contributed by atoms with Gasteiger partial charge in [-0.05, 0) is 50.5 Å². The second-order valence-electron chi connectivity index (χ2n) is 7.73. The maximum atomic E-state index is 13.4. The molecule has 0 saturated carbocycles. The Morgan fingerprint density at radius 3 is 2.38 bits per heavy atom. The number of thiazole rings is 1. The topological polar surface area (TPSA) is 83.0 Å². The molecule has 1 aromatic heterocycles. The lowest BCUT2D eigenvalue weighted by atomic mass is 10.1. The van der Waals surface area contributed by atoms with Gasteiger partial charge in [-0.3, -0.25) is 24.2 Å². The van der Waals surface area contributed by atoms with E-state index >= 15 is 0 Å². The van der Waals surface area contributed by atoms with Gasteiger partial charge in [0.05, 0.1) is 17.5 Å². The summed E-state index contributed by atoms with van der Waals surface area (Å²) in [6, 6.07) is 12.3. The van der Waals surface area contributed by atoms with Crippen LogP contribution in [0.4, 0.5) is 10.8 Å². The van der Waals surface area contributed by atoms with E-state index in [4.69, 9.17) is 9.72 Å². The number of rotatable bonds is 7. The van der Waals surface area contributed by atoms with Crippen LogP contribution in [0.15, 0.2) is 42.5 Å². The second kappa shape index (κ2) is 9.05. The molecule has 4 rings (SSSR count). The molecule has 0 spiro atoms. The predicted octanol–water partition coefficient (Wildman–Crippen LogP) is 3.17. The van der Waals surface area contributed by atoms with E-state index < -0.39 is 0 Å². The second-order valence-corrected chi connectivity index (χ2v) is 8.74. The Balaban J connectivity index is 1.65. The summed E-state index contributed by atoms with van der Waals surface area (Å²) in [7, 11) is 5.49. The highest BCUT2D eigenvalue weighted by molar-refractivity contribution is 7.22. The van der Waals surface area contributed by atoms with Crippen LogP contribution in [0.1, 0.15) is 23.2 Å². The Morgan fingerprint density at radius 2 is 1.75 bits per heavy atom. The van der Waals surface area contributed by atoms with Gasteiger partial charge in [-0.25, -0.2) is 4.98 Å². The Hall–Kier alpha value is -3.30. The first kappa shape index (κ1) is 21.9. The van der Waals surface area contributed by atoms with Crippen LogP contribution in [0.25, 0.3) is 10.2 Å². The Kier molecular flexibility index (Phi) is 6.20. The smallest absolute Gasteiger partial charge is 0.260 e. The zero-order valence-corrected chi connectivity index (χ0v) is 19.0. The number of nitrogens with zero attached hydrogens (tertiary/aromatic N) is 4. The highest BCUT2D eigenvalue weighted by atomic mass is 32.1. The van der Waals surface area contributed by atoms with E-state index in [1.165, 1.54) is 16.2 Å². The number of para-hydroxylation sites is 1. The number of hydrogen-bond donors (Lipinski definition) is 0. The van der Waals surface area contributed by atoms with Gasteiger partial charge in [0.25, 0.3) is 5.91 Å². The number of imide groups is 1. The van der Waals surface area contributed by atoms with E-state index in [0.717, 1.165) is 10.2 Å². The monoisotopic (exact) mass is 452 g/mol. The highest BCUT2D eigenvalue weighted by Crippen LogP contribution is 2.34. The molecule has 8 nitrogen and oxygen atoms in total. The molecular formula is C23H24N4O4S. The number of carbonyl (C=O) groups excluding carboxylic acids is 3. The minimum Gasteiger partial charge on any atom is -0.494 e. The van der Waals surface area contributed by atoms with Crippen LogP contribution in [-0.2, 0) is 9.59 Å². The lowest BCUT2D eigenvalue weighted by Gasteiger charge is -2.22. The summed E-state index contributed by atoms with van der Waals surface area (Å²) in [6.07, 6.45) is 0.442. The van der Waals surface area contributed by atoms with E-state index in [0.29, 0.717) is 35.2 Å². The zero-order chi connectivity index (χ0) is 22.8. The lowest BCUT2D eigenvalue weighted by molar-refractivity contribution is -0.121. The quantitative estimate of drug-likeness (QED) is 0.512. The largest absolute Gasteiger partial charge is 0.494 e. The van der Waals surface area contributed by atoms with Crippen LogP contribution in [0.3, 0.4) is 0 Å². The fourth-order valence-electron chi connectivity index (χ4n) is 3.55. The SMILES string of the molecule is COc1cccc2sc(N(CCN(C)C)C(=O)c3ccc(N4C(=O)CCC4=O)cc3)nc12. The van der Waals surface area contributed by atoms with Crippen molar-refractivity contribution >= 4 is 50.1 Å². The van der Waals surface area contributed by atoms with Crippen LogP contribution in [-0.4, -0.2) is 61.9 Å². The molecule has 166 valence electrons. The van der Waals surface area contributed by atoms with Crippen LogP contribution < -0.4 is 14.5 Å². The number of amides is 3. The molecule has 0 unspecified atom stereocenters. The maximum absolute atomic E-state index is 13.4. The van der Waals surface area contributed by atoms with E-state index in [1.807, 2.05) is 37.2 Å². The summed E-state index contributed by atoms with van der Waals surface area (Å²) in [5, 5.41) is 0.588. The minimum absolute atomic E-state index is 0.199. The third-order valence-corrected chi connectivity index (χ3v) is 6.31. The number of ether oxygens (including phenoxy) is 1. The summed E-state index contributed by atoms with van der Waals surface area (Å²) in [5.74, 6) is 0.0278. The summed E-state index contributed by atoms with van der Waals surface area (Å²) in [4.78, 5) is 47.0. The highest BCUT2D eigenvalue weighted by Gasteiger charge is 2.30. The average Bonchev–Trinajstić information content (AvgIpc) is 3.36. The molecule has 1 fully saturated rings. The Morgan fingerprint density at radius 1 is 1.06 bits per heavy atom. The van der Waals surface area contributed by atoms with E-state index in [-0.39, 0.29) is 30.6 Å². The number of hydrogen-bond acceptors (Lipinski definition) is 7. The number of fused-ring (bicyclic) bond motifs is 1. The number of likely N-dealkylation sites (N-methyl/N-ethyl adjacent to an activating group) is 1. The molecule has 0 aliphatic carbocycles. The van der Waals surface area contributed by atoms with Crippen LogP contribution in [0, 0.1) is 0 Å². The van der Waals surface area contributed by atoms with Gasteiger partial charge < -0.3 is 9.64 Å². The van der Waals surface area contributed by atoms with Crippen molar-refractivity contribution in [2.75, 3.05) is 44.1 Å². The third kappa shape index (κ3) is 4.21. The van der Waals surface area contributed by atoms with Crippen molar-refractivity contribution < 1.29 is 19.1 Å². The molecule has 2 aromatic carbocycles. The molecule has 0 N–H and O–H groups in total. The number of methoxy groups -OCH3 is 1. The molecule has 9 heteroatoms. The van der Waals surface area contributed by atoms with Crippen molar-refractivity contribution in [3.63, 3.8) is 0 Å². The normalized spacial score (nSPS) is 13.9. The fourth-order valence-corrected chi connectivity index (χ4v) is 4.56. The number of carbonyl (C=O) groups is 3. The molecule has 32 heavy (non-hydrogen) atoms. The fraction of sp³-hybridized carbons (Fsp3) is 0.304. The summed E-state index contributed by atoms with van der Waals surface area (Å²) in [6.45, 7) is 1.12. The van der Waals surface area contributed by atoms with Crippen molar-refractivity contribution in [2.24, 2.45) is 0 Å². The van der Waals surface area contributed by atoms with Crippen molar-refractivity contribution in [3.05, 3.63) is 48.0 Å². The molecule has 3 amide bonds. The molecule has 3 aromatic rings. The Labute approximate surface area is 190 Å². The molecule has 2 heterocycles. The summed E-state index contributed by atoms with van der Waals surface area (Å²) < 4.78 is 6.35. The summed E-state index contributed by atoms with van der Waals surface area (Å²) in [5.41, 5.74) is 1.66. The first-order valence-corrected chi connectivity index (χ1v) is 11.1. The van der Waals surface area contributed by atoms with E-state index in [9.17, 15) is 14.4 Å². The van der Waals surface area contributed by atoms with E-state index in [1.54, 1.807) is 36.3 Å². The lowest BCUT2D eigenvalue weighted by Crippen LogP contribution is -2.36. The van der Waals surface area contributed by atoms with Gasteiger partial charge in [0.15, 0.2) is 5.13 Å². The molecule has 0 radical (unpaired) electrons. The Bertz CT molecular complexity index is 1160. The molecule has 1 aliphatic heterocycles. The number of anilines is 2. The van der Waals surface area contributed by atoms with Crippen molar-refractivity contribution in [3.8, 4) is 5.75 Å². The van der Waals surface area contributed by atoms with Crippen molar-refractivity contribution in [1.82, 2.24) is 9.88 Å². The minimum atomic E-state index is -0.217. The number of benzene rings is 2. The molecule has 0 atom stereocenters. The van der Waals surface area contributed by atoms with E-state index in [2.05, 4.69) is 0 Å². The third-order valence-electron chi connectivity index (χ3n) is 5.26. The number of aromatic nitrogens is 1. The van der Waals surface area contributed by atoms with Gasteiger partial charge in [0.2, 0.25) is 11.8 Å². The van der Waals surface area contributed by atoms with Crippen LogP contribution in [0.5, 0.6) is 5.75 Å². The first-order chi connectivity index (χ1) is 15.4. The van der Waals surface area contributed by atoms with Gasteiger partial charge in [-0.2, -0.15) is 0 Å². The zero-order valence-electron chi connectivity index (χ0n) is 18.2. The van der Waals surface area contributed by atoms with Crippen LogP contribution >= 0.6 is 11.3 Å². The molecular weight excluding hydrogens is 428 g/mol. The van der Waals surface area contributed by atoms with Crippen molar-refractivity contribution in [1.29, 1.82) is 0 Å². The van der Waals surface area contributed by atoms with Crippen molar-refractivity contribution in [2.45, 2.75) is 12.8 Å². The van der Waals surface area contributed by atoms with Crippen LogP contribution in [0.2, 0.25) is 0 Å². The first-order valence-electron chi connectivity index (χ1n) is 10.2. The van der Waals surface area contributed by atoms with Gasteiger partial charge in [0.1, 0.15) is 11.3 Å². The maximum Gasteiger partial charge on any atom is 0.260 e. The summed E-state index contributed by atoms with van der Waals surface area (Å²) >= 11 is 1.43.